The number of rotatable bonds is 8. The number of halogens is 3. The van der Waals surface area contributed by atoms with Gasteiger partial charge in [0.15, 0.2) is 11.4 Å². The van der Waals surface area contributed by atoms with Gasteiger partial charge in [-0.25, -0.2) is 9.37 Å². The molecule has 11 nitrogen and oxygen atoms in total. The van der Waals surface area contributed by atoms with Gasteiger partial charge in [-0.3, -0.25) is 14.6 Å². The second kappa shape index (κ2) is 11.7. The second-order valence-electron chi connectivity index (χ2n) is 11.2. The van der Waals surface area contributed by atoms with Crippen LogP contribution in [0.15, 0.2) is 71.3 Å². The molecule has 0 spiro atoms. The highest BCUT2D eigenvalue weighted by atomic mass is 19.3. The molecule has 2 fully saturated rings. The summed E-state index contributed by atoms with van der Waals surface area (Å²) in [5.74, 6) is -1.05. The lowest BCUT2D eigenvalue weighted by Crippen LogP contribution is -2.40. The van der Waals surface area contributed by atoms with E-state index in [9.17, 15) is 22.8 Å². The number of likely N-dealkylation sites (tertiary alicyclic amines) is 1. The highest BCUT2D eigenvalue weighted by Crippen LogP contribution is 2.37. The number of anilines is 1. The van der Waals surface area contributed by atoms with E-state index in [1.165, 1.54) is 6.20 Å². The van der Waals surface area contributed by atoms with Crippen LogP contribution in [0, 0.1) is 11.8 Å². The van der Waals surface area contributed by atoms with Gasteiger partial charge in [-0.05, 0) is 66.3 Å². The molecule has 2 aliphatic rings. The van der Waals surface area contributed by atoms with Crippen LogP contribution in [-0.4, -0.2) is 66.2 Å². The number of aromatic nitrogens is 6. The van der Waals surface area contributed by atoms with Crippen LogP contribution in [0.25, 0.3) is 22.6 Å². The van der Waals surface area contributed by atoms with Gasteiger partial charge >= 0.3 is 6.55 Å². The maximum Gasteiger partial charge on any atom is 0.350 e. The zero-order chi connectivity index (χ0) is 31.1. The molecular formula is C31H27F3N8O3. The van der Waals surface area contributed by atoms with Crippen molar-refractivity contribution in [2.24, 2.45) is 11.8 Å². The van der Waals surface area contributed by atoms with Crippen LogP contribution in [0.3, 0.4) is 0 Å². The average Bonchev–Trinajstić information content (AvgIpc) is 3.40. The summed E-state index contributed by atoms with van der Waals surface area (Å²) >= 11 is 0. The molecule has 230 valence electrons. The Balaban J connectivity index is 1.05. The highest BCUT2D eigenvalue weighted by Gasteiger charge is 2.43. The number of tetrazole rings is 1. The summed E-state index contributed by atoms with van der Waals surface area (Å²) in [5, 5.41) is 14.1. The quantitative estimate of drug-likeness (QED) is 0.250. The number of piperidine rings is 1. The maximum absolute atomic E-state index is 13.5. The highest BCUT2D eigenvalue weighted by molar-refractivity contribution is 5.96. The number of hydrogen-bond donors (Lipinski definition) is 1. The zero-order valence-electron chi connectivity index (χ0n) is 23.8. The third-order valence-electron chi connectivity index (χ3n) is 8.28. The number of hydrogen-bond acceptors (Lipinski definition) is 8. The standard InChI is InChI=1S/C31H27F3N8O3/c32-22-16-21(22)28(43)36-20-6-7-25-23(15-20)37-29(45-25)19-8-11-35-24(14-19)30(44)41-12-9-18(10-13-41)26(17-4-2-1-3-5-17)27-38-40-42(39-27)31(33)34/h1-8,11,14-15,18,21-22,26,31H,9-10,12-13,16H2,(H,36,43)/t21-,22+,26?/m1/s1. The van der Waals surface area contributed by atoms with E-state index in [1.807, 2.05) is 30.3 Å². The van der Waals surface area contributed by atoms with Crippen molar-refractivity contribution in [3.63, 3.8) is 0 Å². The van der Waals surface area contributed by atoms with E-state index in [-0.39, 0.29) is 47.5 Å². The summed E-state index contributed by atoms with van der Waals surface area (Å²) in [6.45, 7) is -2.02. The van der Waals surface area contributed by atoms with Crippen molar-refractivity contribution in [2.45, 2.75) is 37.9 Å². The molecule has 3 atom stereocenters. The van der Waals surface area contributed by atoms with E-state index in [1.54, 1.807) is 35.2 Å². The second-order valence-corrected chi connectivity index (χ2v) is 11.2. The van der Waals surface area contributed by atoms with Crippen molar-refractivity contribution < 1.29 is 27.2 Å². The Hall–Kier alpha value is -5.14. The molecule has 45 heavy (non-hydrogen) atoms. The predicted octanol–water partition coefficient (Wildman–Crippen LogP) is 5.25. The number of pyridine rings is 1. The minimum Gasteiger partial charge on any atom is -0.436 e. The lowest BCUT2D eigenvalue weighted by Gasteiger charge is -2.35. The van der Waals surface area contributed by atoms with Gasteiger partial charge in [0.2, 0.25) is 11.8 Å². The SMILES string of the molecule is O=C(Nc1ccc2oc(-c3ccnc(C(=O)N4CCC(C(c5ccccc5)c5nnn(C(F)F)n5)CC4)c3)nc2c1)[C@@H]1C[C@@H]1F. The van der Waals surface area contributed by atoms with Crippen LogP contribution in [0.5, 0.6) is 0 Å². The van der Waals surface area contributed by atoms with E-state index >= 15 is 0 Å². The number of carbonyl (C=O) groups excluding carboxylic acids is 2. The van der Waals surface area contributed by atoms with E-state index in [0.29, 0.717) is 53.1 Å². The molecule has 4 heterocycles. The van der Waals surface area contributed by atoms with Crippen LogP contribution in [-0.2, 0) is 4.79 Å². The molecule has 1 saturated heterocycles. The molecule has 0 radical (unpaired) electrons. The normalized spacial score (nSPS) is 19.2. The molecule has 14 heteroatoms. The van der Waals surface area contributed by atoms with Crippen molar-refractivity contribution in [1.82, 2.24) is 35.1 Å². The molecule has 0 bridgehead atoms. The summed E-state index contributed by atoms with van der Waals surface area (Å²) in [5.41, 5.74) is 3.16. The number of nitrogens with one attached hydrogen (secondary N) is 1. The van der Waals surface area contributed by atoms with Crippen LogP contribution in [0.2, 0.25) is 0 Å². The minimum absolute atomic E-state index is 0.00293. The van der Waals surface area contributed by atoms with Gasteiger partial charge in [0.1, 0.15) is 17.4 Å². The van der Waals surface area contributed by atoms with Gasteiger partial charge in [0, 0.05) is 30.5 Å². The first-order valence-corrected chi connectivity index (χ1v) is 14.6. The molecule has 5 aromatic rings. The third-order valence-corrected chi connectivity index (χ3v) is 8.28. The number of fused-ring (bicyclic) bond motifs is 1. The first-order chi connectivity index (χ1) is 21.8. The Labute approximate surface area is 254 Å². The summed E-state index contributed by atoms with van der Waals surface area (Å²) < 4.78 is 45.5. The van der Waals surface area contributed by atoms with Gasteiger partial charge < -0.3 is 14.6 Å². The fourth-order valence-electron chi connectivity index (χ4n) is 5.81. The molecule has 7 rings (SSSR count). The number of oxazole rings is 1. The molecule has 1 aliphatic heterocycles. The topological polar surface area (TPSA) is 132 Å². The Bertz CT molecular complexity index is 1860. The Morgan fingerprint density at radius 1 is 1.02 bits per heavy atom. The number of amides is 2. The van der Waals surface area contributed by atoms with E-state index in [2.05, 4.69) is 30.7 Å². The molecule has 3 aromatic heterocycles. The van der Waals surface area contributed by atoms with Gasteiger partial charge in [-0.2, -0.15) is 8.78 Å². The Morgan fingerprint density at radius 2 is 1.80 bits per heavy atom. The lowest BCUT2D eigenvalue weighted by molar-refractivity contribution is -0.117. The summed E-state index contributed by atoms with van der Waals surface area (Å²) in [7, 11) is 0. The Morgan fingerprint density at radius 3 is 2.51 bits per heavy atom. The van der Waals surface area contributed by atoms with Gasteiger partial charge in [-0.1, -0.05) is 35.1 Å². The lowest BCUT2D eigenvalue weighted by atomic mass is 9.79. The molecule has 1 aliphatic carbocycles. The van der Waals surface area contributed by atoms with E-state index in [4.69, 9.17) is 4.42 Å². The maximum atomic E-state index is 13.5. The van der Waals surface area contributed by atoms with Crippen LogP contribution >= 0.6 is 0 Å². The molecular weight excluding hydrogens is 589 g/mol. The zero-order valence-corrected chi connectivity index (χ0v) is 23.8. The summed E-state index contributed by atoms with van der Waals surface area (Å²) in [4.78, 5) is 36.5. The van der Waals surface area contributed by atoms with Crippen molar-refractivity contribution in [1.29, 1.82) is 0 Å². The number of alkyl halides is 3. The Kier molecular flexibility index (Phi) is 7.47. The average molecular weight is 617 g/mol. The predicted molar refractivity (Wildman–Crippen MR) is 155 cm³/mol. The molecule has 1 unspecified atom stereocenters. The van der Waals surface area contributed by atoms with Crippen LogP contribution in [0.4, 0.5) is 18.9 Å². The van der Waals surface area contributed by atoms with Gasteiger partial charge in [0.25, 0.3) is 5.91 Å². The third kappa shape index (κ3) is 5.87. The van der Waals surface area contributed by atoms with E-state index < -0.39 is 18.6 Å². The fourth-order valence-corrected chi connectivity index (χ4v) is 5.81. The molecule has 1 N–H and O–H groups in total. The number of carbonyl (C=O) groups is 2. The first kappa shape index (κ1) is 28.6. The van der Waals surface area contributed by atoms with Crippen LogP contribution < -0.4 is 5.32 Å². The molecule has 1 saturated carbocycles. The molecule has 2 aromatic carbocycles. The van der Waals surface area contributed by atoms with E-state index in [0.717, 1.165) is 5.56 Å². The first-order valence-electron chi connectivity index (χ1n) is 14.6. The largest absolute Gasteiger partial charge is 0.436 e. The summed E-state index contributed by atoms with van der Waals surface area (Å²) in [6, 6.07) is 17.8. The van der Waals surface area contributed by atoms with Crippen LogP contribution in [0.1, 0.15) is 53.6 Å². The van der Waals surface area contributed by atoms with Gasteiger partial charge in [0.05, 0.1) is 11.8 Å². The number of nitrogens with zero attached hydrogens (tertiary/aromatic N) is 7. The van der Waals surface area contributed by atoms with Gasteiger partial charge in [-0.15, -0.1) is 10.2 Å². The van der Waals surface area contributed by atoms with Crippen molar-refractivity contribution in [3.05, 3.63) is 83.9 Å². The van der Waals surface area contributed by atoms with Crippen molar-refractivity contribution in [2.75, 3.05) is 18.4 Å². The van der Waals surface area contributed by atoms with Crippen molar-refractivity contribution >= 4 is 28.6 Å². The minimum atomic E-state index is -2.89. The monoisotopic (exact) mass is 616 g/mol. The number of benzene rings is 2. The fraction of sp³-hybridized carbons (Fsp3) is 0.323. The van der Waals surface area contributed by atoms with Crippen molar-refractivity contribution in [3.8, 4) is 11.5 Å². The molecule has 2 amide bonds. The smallest absolute Gasteiger partial charge is 0.350 e. The summed E-state index contributed by atoms with van der Waals surface area (Å²) in [6.07, 6.45) is 1.87.